The molecular weight excluding hydrogens is 376 g/mol. The van der Waals surface area contributed by atoms with E-state index in [0.717, 1.165) is 29.2 Å². The third-order valence-electron chi connectivity index (χ3n) is 3.87. The number of amides is 1. The van der Waals surface area contributed by atoms with Crippen LogP contribution in [-0.2, 0) is 15.3 Å². The SMILES string of the molecule is CCOc1ccc(-c2nc(CSCC(=O)NCCCOC(C)C)c(C)o2)cc1. The second-order valence-corrected chi connectivity index (χ2v) is 7.58. The van der Waals surface area contributed by atoms with Gasteiger partial charge in [0, 0.05) is 24.5 Å². The van der Waals surface area contributed by atoms with Crippen molar-refractivity contribution in [3.8, 4) is 17.2 Å². The second-order valence-electron chi connectivity index (χ2n) is 6.60. The summed E-state index contributed by atoms with van der Waals surface area (Å²) >= 11 is 1.53. The van der Waals surface area contributed by atoms with Crippen molar-refractivity contribution in [3.05, 3.63) is 35.7 Å². The number of rotatable bonds is 12. The van der Waals surface area contributed by atoms with Crippen molar-refractivity contribution in [2.75, 3.05) is 25.5 Å². The topological polar surface area (TPSA) is 73.6 Å². The van der Waals surface area contributed by atoms with Crippen LogP contribution < -0.4 is 10.1 Å². The number of benzene rings is 1. The van der Waals surface area contributed by atoms with Crippen molar-refractivity contribution >= 4 is 17.7 Å². The molecule has 1 heterocycles. The summed E-state index contributed by atoms with van der Waals surface area (Å²) in [6.45, 7) is 9.80. The summed E-state index contributed by atoms with van der Waals surface area (Å²) in [4.78, 5) is 16.5. The number of aryl methyl sites for hydroxylation is 1. The van der Waals surface area contributed by atoms with Gasteiger partial charge in [0.05, 0.1) is 24.2 Å². The number of nitrogens with one attached hydrogen (secondary N) is 1. The van der Waals surface area contributed by atoms with Crippen LogP contribution >= 0.6 is 11.8 Å². The van der Waals surface area contributed by atoms with Gasteiger partial charge < -0.3 is 19.2 Å². The molecule has 0 saturated carbocycles. The maximum Gasteiger partial charge on any atom is 0.230 e. The first-order chi connectivity index (χ1) is 13.5. The summed E-state index contributed by atoms with van der Waals surface area (Å²) in [6, 6.07) is 7.68. The maximum absolute atomic E-state index is 11.9. The van der Waals surface area contributed by atoms with E-state index >= 15 is 0 Å². The molecule has 2 rings (SSSR count). The van der Waals surface area contributed by atoms with Gasteiger partial charge in [0.2, 0.25) is 11.8 Å². The molecule has 0 spiro atoms. The molecule has 28 heavy (non-hydrogen) atoms. The van der Waals surface area contributed by atoms with Gasteiger partial charge in [-0.25, -0.2) is 4.98 Å². The highest BCUT2D eigenvalue weighted by Crippen LogP contribution is 2.25. The first-order valence-electron chi connectivity index (χ1n) is 9.65. The van der Waals surface area contributed by atoms with Gasteiger partial charge in [0.25, 0.3) is 0 Å². The Morgan fingerprint density at radius 3 is 2.71 bits per heavy atom. The van der Waals surface area contributed by atoms with Crippen molar-refractivity contribution in [1.29, 1.82) is 0 Å². The minimum Gasteiger partial charge on any atom is -0.494 e. The highest BCUT2D eigenvalue weighted by molar-refractivity contribution is 7.99. The van der Waals surface area contributed by atoms with Gasteiger partial charge in [-0.05, 0) is 58.4 Å². The number of ether oxygens (including phenoxy) is 2. The van der Waals surface area contributed by atoms with Gasteiger partial charge >= 0.3 is 0 Å². The predicted molar refractivity (Wildman–Crippen MR) is 113 cm³/mol. The van der Waals surface area contributed by atoms with Crippen LogP contribution in [-0.4, -0.2) is 42.5 Å². The average Bonchev–Trinajstić information content (AvgIpc) is 3.03. The Hall–Kier alpha value is -1.99. The van der Waals surface area contributed by atoms with Crippen LogP contribution in [0.25, 0.3) is 11.5 Å². The van der Waals surface area contributed by atoms with E-state index in [2.05, 4.69) is 10.3 Å². The van der Waals surface area contributed by atoms with Gasteiger partial charge in [-0.2, -0.15) is 0 Å². The van der Waals surface area contributed by atoms with Gasteiger partial charge in [0.1, 0.15) is 11.5 Å². The van der Waals surface area contributed by atoms with Crippen LogP contribution in [0.2, 0.25) is 0 Å². The van der Waals surface area contributed by atoms with Gasteiger partial charge in [-0.3, -0.25) is 4.79 Å². The molecule has 0 aliphatic rings. The van der Waals surface area contributed by atoms with E-state index < -0.39 is 0 Å². The Kier molecular flexibility index (Phi) is 9.37. The molecule has 1 aromatic carbocycles. The Morgan fingerprint density at radius 2 is 2.04 bits per heavy atom. The van der Waals surface area contributed by atoms with E-state index in [4.69, 9.17) is 13.9 Å². The maximum atomic E-state index is 11.9. The summed E-state index contributed by atoms with van der Waals surface area (Å²) in [7, 11) is 0. The molecule has 0 fully saturated rings. The largest absolute Gasteiger partial charge is 0.494 e. The predicted octanol–water partition coefficient (Wildman–Crippen LogP) is 4.21. The van der Waals surface area contributed by atoms with Crippen molar-refractivity contribution in [1.82, 2.24) is 10.3 Å². The zero-order chi connectivity index (χ0) is 20.4. The number of hydrogen-bond donors (Lipinski definition) is 1. The highest BCUT2D eigenvalue weighted by Gasteiger charge is 2.12. The Balaban J connectivity index is 1.75. The van der Waals surface area contributed by atoms with Crippen molar-refractivity contribution in [2.45, 2.75) is 46.0 Å². The smallest absolute Gasteiger partial charge is 0.230 e. The first kappa shape index (κ1) is 22.3. The zero-order valence-corrected chi connectivity index (χ0v) is 17.9. The Bertz CT molecular complexity index is 729. The minimum absolute atomic E-state index is 0.0300. The normalized spacial score (nSPS) is 11.0. The molecule has 1 N–H and O–H groups in total. The molecule has 0 aliphatic carbocycles. The monoisotopic (exact) mass is 406 g/mol. The summed E-state index contributed by atoms with van der Waals surface area (Å²) in [6.07, 6.45) is 1.05. The second kappa shape index (κ2) is 11.8. The minimum atomic E-state index is 0.0300. The van der Waals surface area contributed by atoms with Gasteiger partial charge in [-0.15, -0.1) is 11.8 Å². The fourth-order valence-corrected chi connectivity index (χ4v) is 3.31. The third kappa shape index (κ3) is 7.56. The Labute approximate surface area is 171 Å². The van der Waals surface area contributed by atoms with Gasteiger partial charge in [0.15, 0.2) is 0 Å². The molecular formula is C21H30N2O4S. The van der Waals surface area contributed by atoms with Crippen molar-refractivity contribution in [2.24, 2.45) is 0 Å². The number of thioether (sulfide) groups is 1. The molecule has 0 radical (unpaired) electrons. The first-order valence-corrected chi connectivity index (χ1v) is 10.8. The lowest BCUT2D eigenvalue weighted by molar-refractivity contribution is -0.118. The van der Waals surface area contributed by atoms with E-state index in [0.29, 0.717) is 37.2 Å². The number of oxazole rings is 1. The molecule has 0 unspecified atom stereocenters. The summed E-state index contributed by atoms with van der Waals surface area (Å²) in [5, 5.41) is 2.91. The van der Waals surface area contributed by atoms with E-state index in [9.17, 15) is 4.79 Å². The Morgan fingerprint density at radius 1 is 1.29 bits per heavy atom. The van der Waals surface area contributed by atoms with Crippen molar-refractivity contribution < 1.29 is 18.7 Å². The van der Waals surface area contributed by atoms with E-state index in [1.54, 1.807) is 0 Å². The number of aromatic nitrogens is 1. The quantitative estimate of drug-likeness (QED) is 0.532. The molecule has 1 aromatic heterocycles. The fourth-order valence-electron chi connectivity index (χ4n) is 2.46. The summed E-state index contributed by atoms with van der Waals surface area (Å²) in [5.74, 6) is 3.26. The zero-order valence-electron chi connectivity index (χ0n) is 17.1. The molecule has 0 bridgehead atoms. The molecule has 0 saturated heterocycles. The number of carbonyl (C=O) groups excluding carboxylic acids is 1. The summed E-state index contributed by atoms with van der Waals surface area (Å²) in [5.41, 5.74) is 1.77. The van der Waals surface area contributed by atoms with Crippen molar-refractivity contribution in [3.63, 3.8) is 0 Å². The molecule has 0 atom stereocenters. The molecule has 0 aliphatic heterocycles. The van der Waals surface area contributed by atoms with E-state index in [1.807, 2.05) is 52.0 Å². The molecule has 6 nitrogen and oxygen atoms in total. The van der Waals surface area contributed by atoms with Gasteiger partial charge in [-0.1, -0.05) is 0 Å². The highest BCUT2D eigenvalue weighted by atomic mass is 32.2. The molecule has 2 aromatic rings. The number of nitrogens with zero attached hydrogens (tertiary/aromatic N) is 1. The molecule has 7 heteroatoms. The van der Waals surface area contributed by atoms with E-state index in [-0.39, 0.29) is 12.0 Å². The number of hydrogen-bond acceptors (Lipinski definition) is 6. The average molecular weight is 407 g/mol. The van der Waals surface area contributed by atoms with E-state index in [1.165, 1.54) is 11.8 Å². The van der Waals surface area contributed by atoms with Crippen LogP contribution in [0, 0.1) is 6.92 Å². The van der Waals surface area contributed by atoms with Crippen LogP contribution in [0.15, 0.2) is 28.7 Å². The lowest BCUT2D eigenvalue weighted by Gasteiger charge is -2.08. The lowest BCUT2D eigenvalue weighted by Crippen LogP contribution is -2.27. The molecule has 1 amide bonds. The molecule has 154 valence electrons. The standard InChI is InChI=1S/C21H30N2O4S/c1-5-25-18-9-7-17(8-10-18)21-23-19(16(4)27-21)13-28-14-20(24)22-11-6-12-26-15(2)3/h7-10,15H,5-6,11-14H2,1-4H3,(H,22,24). The lowest BCUT2D eigenvalue weighted by atomic mass is 10.2. The third-order valence-corrected chi connectivity index (χ3v) is 4.82. The van der Waals surface area contributed by atoms with Crippen LogP contribution in [0.1, 0.15) is 38.6 Å². The summed E-state index contributed by atoms with van der Waals surface area (Å²) < 4.78 is 16.7. The van der Waals surface area contributed by atoms with Crippen LogP contribution in [0.5, 0.6) is 5.75 Å². The fraction of sp³-hybridized carbons (Fsp3) is 0.524. The number of carbonyl (C=O) groups is 1. The van der Waals surface area contributed by atoms with Crippen LogP contribution in [0.4, 0.5) is 0 Å². The van der Waals surface area contributed by atoms with Crippen LogP contribution in [0.3, 0.4) is 0 Å².